The summed E-state index contributed by atoms with van der Waals surface area (Å²) in [6.07, 6.45) is 1.70. The molecule has 8 bridgehead atoms. The molecule has 0 radical (unpaired) electrons. The zero-order valence-electron chi connectivity index (χ0n) is 21.4. The van der Waals surface area contributed by atoms with Crippen molar-refractivity contribution in [3.8, 4) is 0 Å². The summed E-state index contributed by atoms with van der Waals surface area (Å²) in [5.41, 5.74) is -3.13. The minimum Gasteiger partial charge on any atom is -0.454 e. The number of sulfonamides is 2. The van der Waals surface area contributed by atoms with Crippen molar-refractivity contribution in [2.75, 3.05) is 0 Å². The number of esters is 2. The number of carbonyl (C=O) groups is 4. The lowest BCUT2D eigenvalue weighted by Gasteiger charge is -2.54. The van der Waals surface area contributed by atoms with Crippen LogP contribution in [0.2, 0.25) is 0 Å². The maximum atomic E-state index is 14.9. The molecule has 11 nitrogen and oxygen atoms in total. The van der Waals surface area contributed by atoms with Gasteiger partial charge in [0.2, 0.25) is 0 Å². The van der Waals surface area contributed by atoms with Crippen LogP contribution in [0.15, 0.2) is 0 Å². The minimum absolute atomic E-state index is 0.0889. The summed E-state index contributed by atoms with van der Waals surface area (Å²) in [4.78, 5) is 49.4. The standard InChI is InChI=1S/C24H27F4NO10S2/c25-23(26,19(32)38-21-5-11-1-13(7-21)17(30)14(2-11)8-21)40(34,35)29-41(36,37)24(27,28)20(33)39-22-6-12-3-15(9-22)18(31)16(4-12)10-22/h11-16,29H,1-10H2. The highest BCUT2D eigenvalue weighted by Gasteiger charge is 2.66. The number of hydrogen-bond donors (Lipinski definition) is 1. The topological polar surface area (TPSA) is 167 Å². The molecule has 1 N–H and O–H groups in total. The van der Waals surface area contributed by atoms with Gasteiger partial charge in [0.15, 0.2) is 0 Å². The number of rotatable bonds is 8. The van der Waals surface area contributed by atoms with Crippen molar-refractivity contribution >= 4 is 43.6 Å². The molecule has 0 aromatic heterocycles. The van der Waals surface area contributed by atoms with E-state index in [0.717, 1.165) is 0 Å². The summed E-state index contributed by atoms with van der Waals surface area (Å²) in [6.45, 7) is 0. The van der Waals surface area contributed by atoms with Crippen molar-refractivity contribution in [1.29, 1.82) is 0 Å². The van der Waals surface area contributed by atoms with Gasteiger partial charge in [0.1, 0.15) is 22.8 Å². The number of Topliss-reactive ketones (excluding diaryl/α,β-unsaturated/α-hetero) is 2. The van der Waals surface area contributed by atoms with Crippen LogP contribution in [0, 0.1) is 35.5 Å². The second-order valence-corrected chi connectivity index (χ2v) is 16.5. The molecule has 4 atom stereocenters. The predicted molar refractivity (Wildman–Crippen MR) is 126 cm³/mol. The Labute approximate surface area is 232 Å². The first kappa shape index (κ1) is 29.0. The third-order valence-corrected chi connectivity index (χ3v) is 13.3. The molecular weight excluding hydrogens is 602 g/mol. The van der Waals surface area contributed by atoms with E-state index < -0.39 is 77.4 Å². The van der Waals surface area contributed by atoms with E-state index in [9.17, 15) is 53.6 Å². The Balaban J connectivity index is 1.16. The summed E-state index contributed by atoms with van der Waals surface area (Å²) in [5, 5.41) is -11.3. The van der Waals surface area contributed by atoms with E-state index in [2.05, 4.69) is 0 Å². The minimum atomic E-state index is -6.73. The van der Waals surface area contributed by atoms with Crippen molar-refractivity contribution in [2.24, 2.45) is 35.5 Å². The molecule has 0 heterocycles. The van der Waals surface area contributed by atoms with Gasteiger partial charge in [0.05, 0.1) is 0 Å². The molecule has 41 heavy (non-hydrogen) atoms. The highest BCUT2D eigenvalue weighted by molar-refractivity contribution is 8.06. The molecule has 0 aliphatic heterocycles. The molecule has 8 fully saturated rings. The average Bonchev–Trinajstić information content (AvgIpc) is 2.83. The fraction of sp³-hybridized carbons (Fsp3) is 0.833. The summed E-state index contributed by atoms with van der Waals surface area (Å²) in [7, 11) is -13.5. The Kier molecular flexibility index (Phi) is 6.15. The fourth-order valence-electron chi connectivity index (χ4n) is 8.58. The molecule has 0 amide bonds. The van der Waals surface area contributed by atoms with Crippen LogP contribution in [-0.4, -0.2) is 62.1 Å². The number of carbonyl (C=O) groups excluding carboxylic acids is 4. The summed E-state index contributed by atoms with van der Waals surface area (Å²) >= 11 is 0. The van der Waals surface area contributed by atoms with Crippen molar-refractivity contribution in [3.63, 3.8) is 0 Å². The summed E-state index contributed by atoms with van der Waals surface area (Å²) in [6, 6.07) is 0. The Morgan fingerprint density at radius 3 is 1.22 bits per heavy atom. The molecule has 8 aliphatic rings. The van der Waals surface area contributed by atoms with E-state index in [1.807, 2.05) is 0 Å². The van der Waals surface area contributed by atoms with E-state index in [0.29, 0.717) is 25.7 Å². The van der Waals surface area contributed by atoms with E-state index in [1.165, 1.54) is 0 Å². The van der Waals surface area contributed by atoms with Crippen LogP contribution < -0.4 is 4.13 Å². The van der Waals surface area contributed by atoms with Gasteiger partial charge in [-0.05, 0) is 76.0 Å². The molecule has 0 aromatic carbocycles. The molecule has 0 aromatic rings. The van der Waals surface area contributed by atoms with Gasteiger partial charge in [-0.25, -0.2) is 26.4 Å². The predicted octanol–water partition coefficient (Wildman–Crippen LogP) is 1.80. The van der Waals surface area contributed by atoms with E-state index in [-0.39, 0.29) is 66.1 Å². The Hall–Kier alpha value is -2.14. The van der Waals surface area contributed by atoms with Gasteiger partial charge in [-0.15, -0.1) is 0 Å². The van der Waals surface area contributed by atoms with Crippen LogP contribution in [0.5, 0.6) is 0 Å². The molecule has 8 saturated carbocycles. The van der Waals surface area contributed by atoms with Crippen LogP contribution in [-0.2, 0) is 48.7 Å². The van der Waals surface area contributed by atoms with Crippen molar-refractivity contribution in [2.45, 2.75) is 85.9 Å². The van der Waals surface area contributed by atoms with E-state index in [4.69, 9.17) is 9.47 Å². The zero-order valence-corrected chi connectivity index (χ0v) is 23.1. The van der Waals surface area contributed by atoms with Crippen LogP contribution in [0.25, 0.3) is 0 Å². The van der Waals surface area contributed by atoms with Crippen molar-refractivity contribution in [3.05, 3.63) is 0 Å². The van der Waals surface area contributed by atoms with Crippen molar-refractivity contribution < 1.29 is 63.0 Å². The maximum Gasteiger partial charge on any atom is 0.455 e. The first-order valence-electron chi connectivity index (χ1n) is 13.4. The lowest BCUT2D eigenvalue weighted by atomic mass is 9.53. The van der Waals surface area contributed by atoms with Crippen LogP contribution in [0.3, 0.4) is 0 Å². The van der Waals surface area contributed by atoms with Crippen LogP contribution >= 0.6 is 0 Å². The number of ketones is 2. The molecule has 17 heteroatoms. The molecule has 4 unspecified atom stereocenters. The first-order valence-corrected chi connectivity index (χ1v) is 16.3. The Bertz CT molecular complexity index is 1320. The quantitative estimate of drug-likeness (QED) is 0.309. The lowest BCUT2D eigenvalue weighted by molar-refractivity contribution is -0.201. The van der Waals surface area contributed by atoms with Crippen LogP contribution in [0.4, 0.5) is 17.6 Å². The number of hydrogen-bond acceptors (Lipinski definition) is 10. The highest BCUT2D eigenvalue weighted by Crippen LogP contribution is 2.57. The largest absolute Gasteiger partial charge is 0.455 e. The zero-order chi connectivity index (χ0) is 30.0. The molecule has 228 valence electrons. The monoisotopic (exact) mass is 629 g/mol. The number of nitrogens with one attached hydrogen (secondary N) is 1. The highest BCUT2D eigenvalue weighted by atomic mass is 32.3. The van der Waals surface area contributed by atoms with Crippen molar-refractivity contribution in [1.82, 2.24) is 4.13 Å². The molecule has 0 saturated heterocycles. The lowest BCUT2D eigenvalue weighted by Crippen LogP contribution is -2.60. The van der Waals surface area contributed by atoms with Gasteiger partial charge in [0, 0.05) is 23.7 Å². The van der Waals surface area contributed by atoms with Gasteiger partial charge in [-0.2, -0.15) is 17.6 Å². The van der Waals surface area contributed by atoms with E-state index in [1.54, 1.807) is 0 Å². The summed E-state index contributed by atoms with van der Waals surface area (Å²) < 4.78 is 119. The summed E-state index contributed by atoms with van der Waals surface area (Å²) in [5.74, 6) is -7.95. The Morgan fingerprint density at radius 1 is 0.634 bits per heavy atom. The number of halogens is 4. The molecular formula is C24H27F4NO10S2. The van der Waals surface area contributed by atoms with Gasteiger partial charge in [-0.3, -0.25) is 9.59 Å². The number of alkyl halides is 4. The van der Waals surface area contributed by atoms with Gasteiger partial charge >= 0.3 is 42.5 Å². The second-order valence-electron chi connectivity index (χ2n) is 12.8. The number of ether oxygens (including phenoxy) is 2. The maximum absolute atomic E-state index is 14.9. The molecule has 8 rings (SSSR count). The fourth-order valence-corrected chi connectivity index (χ4v) is 11.1. The van der Waals surface area contributed by atoms with Gasteiger partial charge < -0.3 is 9.47 Å². The molecule has 0 spiro atoms. The Morgan fingerprint density at radius 2 is 0.927 bits per heavy atom. The van der Waals surface area contributed by atoms with Crippen LogP contribution in [0.1, 0.15) is 64.2 Å². The van der Waals surface area contributed by atoms with Gasteiger partial charge in [0.25, 0.3) is 0 Å². The SMILES string of the molecule is O=C1C2CC3CC1CC(OC(=O)C(F)(F)S(=O)(=O)NS(=O)(=O)C(F)(F)C(=O)OC14CC5CC(C1)C(=O)C(C5)C4)(C3)C2. The normalized spacial score (nSPS) is 39.7. The van der Waals surface area contributed by atoms with Gasteiger partial charge in [-0.1, -0.05) is 4.13 Å². The first-order chi connectivity index (χ1) is 18.8. The third kappa shape index (κ3) is 4.34. The third-order valence-electron chi connectivity index (χ3n) is 9.86. The average molecular weight is 630 g/mol. The van der Waals surface area contributed by atoms with E-state index >= 15 is 0 Å². The second kappa shape index (κ2) is 8.71. The molecule has 8 aliphatic carbocycles. The smallest absolute Gasteiger partial charge is 0.454 e.